The Hall–Kier alpha value is -2.84. The molecule has 0 aliphatic carbocycles. The summed E-state index contributed by atoms with van der Waals surface area (Å²) in [5, 5.41) is 2.76. The van der Waals surface area contributed by atoms with Crippen molar-refractivity contribution in [2.24, 2.45) is 0 Å². The van der Waals surface area contributed by atoms with Crippen LogP contribution in [0.15, 0.2) is 36.4 Å². The second-order valence-electron chi connectivity index (χ2n) is 6.04. The molecule has 28 heavy (non-hydrogen) atoms. The first kappa shape index (κ1) is 19.9. The summed E-state index contributed by atoms with van der Waals surface area (Å²) in [6.45, 7) is 1.08. The SMILES string of the molecule is COCc1c(C(=O)OCC(=O)Nc2ccc(C)c(F)c2)sc2cccc(F)c12. The van der Waals surface area contributed by atoms with Gasteiger partial charge in [0.1, 0.15) is 16.5 Å². The van der Waals surface area contributed by atoms with E-state index in [1.54, 1.807) is 25.1 Å². The van der Waals surface area contributed by atoms with Gasteiger partial charge in [-0.05, 0) is 36.8 Å². The van der Waals surface area contributed by atoms with Crippen molar-refractivity contribution in [2.45, 2.75) is 13.5 Å². The molecule has 0 atom stereocenters. The highest BCUT2D eigenvalue weighted by Crippen LogP contribution is 2.34. The maximum atomic E-state index is 14.2. The van der Waals surface area contributed by atoms with E-state index in [0.29, 0.717) is 21.2 Å². The lowest BCUT2D eigenvalue weighted by molar-refractivity contribution is -0.119. The Morgan fingerprint density at radius 1 is 1.14 bits per heavy atom. The van der Waals surface area contributed by atoms with Gasteiger partial charge in [-0.1, -0.05) is 12.1 Å². The maximum Gasteiger partial charge on any atom is 0.349 e. The second-order valence-corrected chi connectivity index (χ2v) is 7.10. The number of rotatable bonds is 6. The van der Waals surface area contributed by atoms with Crippen LogP contribution < -0.4 is 5.32 Å². The van der Waals surface area contributed by atoms with Crippen LogP contribution in [0.4, 0.5) is 14.5 Å². The molecule has 1 N–H and O–H groups in total. The summed E-state index contributed by atoms with van der Waals surface area (Å²) in [4.78, 5) is 24.6. The van der Waals surface area contributed by atoms with Gasteiger partial charge in [0, 0.05) is 28.4 Å². The van der Waals surface area contributed by atoms with E-state index in [0.717, 1.165) is 11.3 Å². The minimum atomic E-state index is -0.752. The first-order valence-electron chi connectivity index (χ1n) is 8.32. The van der Waals surface area contributed by atoms with Gasteiger partial charge in [-0.2, -0.15) is 0 Å². The van der Waals surface area contributed by atoms with Gasteiger partial charge in [-0.15, -0.1) is 11.3 Å². The van der Waals surface area contributed by atoms with Gasteiger partial charge in [-0.25, -0.2) is 13.6 Å². The van der Waals surface area contributed by atoms with E-state index < -0.39 is 30.1 Å². The molecular formula is C20H17F2NO4S. The summed E-state index contributed by atoms with van der Waals surface area (Å²) in [7, 11) is 1.44. The molecule has 0 spiro atoms. The van der Waals surface area contributed by atoms with Crippen LogP contribution in [0.2, 0.25) is 0 Å². The van der Waals surface area contributed by atoms with Gasteiger partial charge in [0.2, 0.25) is 0 Å². The molecular weight excluding hydrogens is 388 g/mol. The van der Waals surface area contributed by atoms with E-state index in [1.165, 1.54) is 25.3 Å². The number of amides is 1. The number of thiophene rings is 1. The highest BCUT2D eigenvalue weighted by Gasteiger charge is 2.22. The maximum absolute atomic E-state index is 14.2. The molecule has 1 heterocycles. The van der Waals surface area contributed by atoms with Crippen LogP contribution in [0.3, 0.4) is 0 Å². The molecule has 0 bridgehead atoms. The van der Waals surface area contributed by atoms with Gasteiger partial charge >= 0.3 is 5.97 Å². The summed E-state index contributed by atoms with van der Waals surface area (Å²) >= 11 is 1.07. The lowest BCUT2D eigenvalue weighted by Crippen LogP contribution is -2.21. The fourth-order valence-electron chi connectivity index (χ4n) is 2.68. The number of esters is 1. The molecule has 0 radical (unpaired) electrons. The zero-order chi connectivity index (χ0) is 20.3. The zero-order valence-electron chi connectivity index (χ0n) is 15.2. The van der Waals surface area contributed by atoms with Crippen molar-refractivity contribution < 1.29 is 27.8 Å². The minimum absolute atomic E-state index is 0.0280. The van der Waals surface area contributed by atoms with Crippen molar-refractivity contribution in [1.82, 2.24) is 0 Å². The standard InChI is InChI=1S/C20H17F2NO4S/c1-11-6-7-12(8-15(11)22)23-17(24)10-27-20(25)19-13(9-26-2)18-14(21)4-3-5-16(18)28-19/h3-8H,9-10H2,1-2H3,(H,23,24). The number of ether oxygens (including phenoxy) is 2. The third kappa shape index (κ3) is 4.18. The molecule has 3 rings (SSSR count). The first-order chi connectivity index (χ1) is 13.4. The van der Waals surface area contributed by atoms with Crippen LogP contribution in [0.25, 0.3) is 10.1 Å². The van der Waals surface area contributed by atoms with Gasteiger partial charge < -0.3 is 14.8 Å². The number of hydrogen-bond donors (Lipinski definition) is 1. The van der Waals surface area contributed by atoms with Crippen molar-refractivity contribution in [3.05, 3.63) is 64.0 Å². The fourth-order valence-corrected chi connectivity index (χ4v) is 3.79. The zero-order valence-corrected chi connectivity index (χ0v) is 16.0. The summed E-state index contributed by atoms with van der Waals surface area (Å²) in [6, 6.07) is 8.80. The summed E-state index contributed by atoms with van der Waals surface area (Å²) in [6.07, 6.45) is 0. The molecule has 0 saturated carbocycles. The number of carbonyl (C=O) groups excluding carboxylic acids is 2. The molecule has 146 valence electrons. The van der Waals surface area contributed by atoms with Crippen molar-refractivity contribution >= 4 is 39.0 Å². The van der Waals surface area contributed by atoms with E-state index in [2.05, 4.69) is 5.32 Å². The molecule has 3 aromatic rings. The Kier molecular flexibility index (Phi) is 6.01. The van der Waals surface area contributed by atoms with E-state index in [-0.39, 0.29) is 17.2 Å². The van der Waals surface area contributed by atoms with Crippen LogP contribution in [0.1, 0.15) is 20.8 Å². The molecule has 0 aliphatic heterocycles. The highest BCUT2D eigenvalue weighted by atomic mass is 32.1. The number of nitrogens with one attached hydrogen (secondary N) is 1. The second kappa shape index (κ2) is 8.45. The first-order valence-corrected chi connectivity index (χ1v) is 9.14. The molecule has 0 unspecified atom stereocenters. The quantitative estimate of drug-likeness (QED) is 0.616. The summed E-state index contributed by atoms with van der Waals surface area (Å²) in [5.41, 5.74) is 1.09. The Morgan fingerprint density at radius 3 is 2.64 bits per heavy atom. The van der Waals surface area contributed by atoms with Gasteiger partial charge in [-0.3, -0.25) is 4.79 Å². The van der Waals surface area contributed by atoms with Gasteiger partial charge in [0.05, 0.1) is 6.61 Å². The molecule has 1 aromatic heterocycles. The lowest BCUT2D eigenvalue weighted by Gasteiger charge is -2.08. The fraction of sp³-hybridized carbons (Fsp3) is 0.200. The molecule has 2 aromatic carbocycles. The Bertz CT molecular complexity index is 1050. The molecule has 0 saturated heterocycles. The van der Waals surface area contributed by atoms with Crippen molar-refractivity contribution in [3.8, 4) is 0 Å². The van der Waals surface area contributed by atoms with Crippen LogP contribution in [0, 0.1) is 18.6 Å². The van der Waals surface area contributed by atoms with Crippen LogP contribution in [-0.2, 0) is 20.9 Å². The smallest absolute Gasteiger partial charge is 0.349 e. The van der Waals surface area contributed by atoms with Crippen molar-refractivity contribution in [3.63, 3.8) is 0 Å². The number of carbonyl (C=O) groups is 2. The monoisotopic (exact) mass is 405 g/mol. The molecule has 0 fully saturated rings. The summed E-state index contributed by atoms with van der Waals surface area (Å²) in [5.74, 6) is -2.28. The average molecular weight is 405 g/mol. The molecule has 1 amide bonds. The van der Waals surface area contributed by atoms with Gasteiger partial charge in [0.25, 0.3) is 5.91 Å². The predicted molar refractivity (Wildman–Crippen MR) is 103 cm³/mol. The van der Waals surface area contributed by atoms with E-state index >= 15 is 0 Å². The van der Waals surface area contributed by atoms with Crippen LogP contribution >= 0.6 is 11.3 Å². The normalized spacial score (nSPS) is 10.9. The third-order valence-corrected chi connectivity index (χ3v) is 5.20. The number of anilines is 1. The molecule has 8 heteroatoms. The van der Waals surface area contributed by atoms with E-state index in [9.17, 15) is 18.4 Å². The Labute approximate surface area is 163 Å². The molecule has 0 aliphatic rings. The van der Waals surface area contributed by atoms with E-state index in [4.69, 9.17) is 9.47 Å². The van der Waals surface area contributed by atoms with Crippen molar-refractivity contribution in [1.29, 1.82) is 0 Å². The number of methoxy groups -OCH3 is 1. The number of halogens is 2. The molecule has 5 nitrogen and oxygen atoms in total. The largest absolute Gasteiger partial charge is 0.451 e. The summed E-state index contributed by atoms with van der Waals surface area (Å²) < 4.78 is 38.4. The Morgan fingerprint density at radius 2 is 1.93 bits per heavy atom. The van der Waals surface area contributed by atoms with Gasteiger partial charge in [0.15, 0.2) is 6.61 Å². The third-order valence-electron chi connectivity index (χ3n) is 4.03. The van der Waals surface area contributed by atoms with E-state index in [1.807, 2.05) is 0 Å². The van der Waals surface area contributed by atoms with Crippen LogP contribution in [0.5, 0.6) is 0 Å². The number of hydrogen-bond acceptors (Lipinski definition) is 5. The lowest BCUT2D eigenvalue weighted by atomic mass is 10.1. The number of benzene rings is 2. The Balaban J connectivity index is 1.72. The topological polar surface area (TPSA) is 64.6 Å². The predicted octanol–water partition coefficient (Wildman–Crippen LogP) is 4.43. The minimum Gasteiger partial charge on any atom is -0.451 e. The average Bonchev–Trinajstić information content (AvgIpc) is 3.03. The number of fused-ring (bicyclic) bond motifs is 1. The van der Waals surface area contributed by atoms with Crippen LogP contribution in [-0.4, -0.2) is 25.6 Å². The highest BCUT2D eigenvalue weighted by molar-refractivity contribution is 7.21. The van der Waals surface area contributed by atoms with Crippen molar-refractivity contribution in [2.75, 3.05) is 19.0 Å². The number of aryl methyl sites for hydroxylation is 1.